The number of carbonyl (C=O) groups excluding carboxylic acids is 2. The zero-order valence-corrected chi connectivity index (χ0v) is 25.0. The number of likely N-dealkylation sites (tertiary alicyclic amines) is 1. The second kappa shape index (κ2) is 14.2. The van der Waals surface area contributed by atoms with Gasteiger partial charge in [-0.3, -0.25) is 9.59 Å². The van der Waals surface area contributed by atoms with Crippen molar-refractivity contribution in [2.75, 3.05) is 32.7 Å². The van der Waals surface area contributed by atoms with Gasteiger partial charge in [0.25, 0.3) is 0 Å². The second-order valence-corrected chi connectivity index (χ2v) is 13.4. The van der Waals surface area contributed by atoms with Gasteiger partial charge in [0.1, 0.15) is 11.6 Å². The molecular weight excluding hydrogens is 590 g/mol. The summed E-state index contributed by atoms with van der Waals surface area (Å²) in [5.41, 5.74) is 0.777. The summed E-state index contributed by atoms with van der Waals surface area (Å²) in [6.07, 6.45) is 0.322. The molecule has 2 heterocycles. The molecule has 230 valence electrons. The molecule has 9 nitrogen and oxygen atoms in total. The van der Waals surface area contributed by atoms with Crippen LogP contribution in [-0.4, -0.2) is 85.5 Å². The number of unbranched alkanes of at least 4 members (excludes halogenated alkanes) is 1. The van der Waals surface area contributed by atoms with Gasteiger partial charge < -0.3 is 20.6 Å². The average molecular weight is 627 g/mol. The van der Waals surface area contributed by atoms with Crippen molar-refractivity contribution < 1.29 is 31.9 Å². The molecule has 2 aromatic rings. The van der Waals surface area contributed by atoms with E-state index in [4.69, 9.17) is 11.6 Å². The Morgan fingerprint density at radius 1 is 1.14 bits per heavy atom. The number of halogens is 3. The van der Waals surface area contributed by atoms with Crippen LogP contribution in [0.1, 0.15) is 37.3 Å². The van der Waals surface area contributed by atoms with E-state index >= 15 is 0 Å². The largest absolute Gasteiger partial charge is 0.389 e. The van der Waals surface area contributed by atoms with Gasteiger partial charge in [-0.1, -0.05) is 37.1 Å². The van der Waals surface area contributed by atoms with Crippen LogP contribution >= 0.6 is 11.6 Å². The first-order valence-electron chi connectivity index (χ1n) is 14.1. The second-order valence-electron chi connectivity index (χ2n) is 11.0. The van der Waals surface area contributed by atoms with E-state index in [1.54, 1.807) is 29.2 Å². The number of benzene rings is 2. The van der Waals surface area contributed by atoms with Gasteiger partial charge >= 0.3 is 0 Å². The number of nitrogens with zero attached hydrogens (tertiary/aromatic N) is 2. The van der Waals surface area contributed by atoms with Gasteiger partial charge in [-0.25, -0.2) is 17.2 Å². The van der Waals surface area contributed by atoms with Crippen molar-refractivity contribution in [3.8, 4) is 0 Å². The fraction of sp³-hybridized carbons (Fsp3) is 0.517. The first-order valence-corrected chi connectivity index (χ1v) is 16.1. The Balaban J connectivity index is 1.50. The number of hydrogen-bond acceptors (Lipinski definition) is 6. The number of sulfonamides is 1. The molecule has 2 saturated heterocycles. The summed E-state index contributed by atoms with van der Waals surface area (Å²) < 4.78 is 55.7. The average Bonchev–Trinajstić information content (AvgIpc) is 3.32. The maximum atomic E-state index is 14.0. The summed E-state index contributed by atoms with van der Waals surface area (Å²) in [7, 11) is -3.76. The van der Waals surface area contributed by atoms with Gasteiger partial charge in [-0.2, -0.15) is 4.31 Å². The molecule has 0 aliphatic carbocycles. The number of rotatable bonds is 12. The molecule has 2 aliphatic heterocycles. The third-order valence-electron chi connectivity index (χ3n) is 7.72. The maximum Gasteiger partial charge on any atom is 0.225 e. The third-order valence-corrected chi connectivity index (χ3v) is 9.79. The third kappa shape index (κ3) is 8.47. The van der Waals surface area contributed by atoms with Gasteiger partial charge in [0.2, 0.25) is 21.8 Å². The number of piperazine rings is 1. The lowest BCUT2D eigenvalue weighted by molar-refractivity contribution is -0.129. The first-order chi connectivity index (χ1) is 19.9. The summed E-state index contributed by atoms with van der Waals surface area (Å²) in [4.78, 5) is 27.4. The molecule has 0 spiro atoms. The van der Waals surface area contributed by atoms with Crippen molar-refractivity contribution in [2.45, 2.75) is 56.5 Å². The van der Waals surface area contributed by atoms with Gasteiger partial charge in [0.15, 0.2) is 0 Å². The highest BCUT2D eigenvalue weighted by molar-refractivity contribution is 7.88. The van der Waals surface area contributed by atoms with Crippen molar-refractivity contribution in [1.29, 1.82) is 0 Å². The number of nitrogens with one attached hydrogen (secondary N) is 2. The minimum absolute atomic E-state index is 0.0331. The lowest BCUT2D eigenvalue weighted by atomic mass is 9.94. The standard InChI is InChI=1S/C29H37ClF2N4O5S/c1-2-3-9-35-16-21(14-27(35)37)29(39)34-25(13-20-11-23(31)15-24(32)12-20)28(38)26-17-36(10-8-33-26)42(40,41)18-19-4-6-22(30)7-5-19/h4-7,11-12,15,21,25-26,28,33,38H,2-3,8-10,13-14,16-18H2,1H3,(H,34,39)/t21?,25?,26-,28+/m1/s1. The van der Waals surface area contributed by atoms with Crippen LogP contribution in [0.5, 0.6) is 0 Å². The normalized spacial score (nSPS) is 21.4. The molecule has 0 saturated carbocycles. The topological polar surface area (TPSA) is 119 Å². The van der Waals surface area contributed by atoms with Crippen LogP contribution in [0.15, 0.2) is 42.5 Å². The summed E-state index contributed by atoms with van der Waals surface area (Å²) in [6, 6.07) is 7.67. The quantitative estimate of drug-likeness (QED) is 0.333. The molecule has 2 fully saturated rings. The van der Waals surface area contributed by atoms with Crippen molar-refractivity contribution >= 4 is 33.4 Å². The summed E-state index contributed by atoms with van der Waals surface area (Å²) in [5, 5.41) is 17.9. The highest BCUT2D eigenvalue weighted by atomic mass is 35.5. The van der Waals surface area contributed by atoms with Gasteiger partial charge in [0.05, 0.1) is 23.8 Å². The van der Waals surface area contributed by atoms with Crippen molar-refractivity contribution in [1.82, 2.24) is 19.8 Å². The van der Waals surface area contributed by atoms with E-state index in [1.807, 2.05) is 6.92 Å². The zero-order chi connectivity index (χ0) is 30.4. The monoisotopic (exact) mass is 626 g/mol. The number of aliphatic hydroxyl groups excluding tert-OH is 1. The Bertz CT molecular complexity index is 1340. The predicted octanol–water partition coefficient (Wildman–Crippen LogP) is 2.46. The van der Waals surface area contributed by atoms with Crippen LogP contribution in [-0.2, 0) is 31.8 Å². The lowest BCUT2D eigenvalue weighted by Crippen LogP contribution is -2.62. The molecule has 4 atom stereocenters. The molecular formula is C29H37ClF2N4O5S. The van der Waals surface area contributed by atoms with Crippen LogP contribution in [0.3, 0.4) is 0 Å². The minimum atomic E-state index is -3.76. The zero-order valence-electron chi connectivity index (χ0n) is 23.4. The smallest absolute Gasteiger partial charge is 0.225 e. The first kappa shape index (κ1) is 32.3. The molecule has 2 aliphatic rings. The SMILES string of the molecule is CCCCN1CC(C(=O)NC(Cc2cc(F)cc(F)c2)[C@H](O)[C@H]2CN(S(=O)(=O)Cc3ccc(Cl)cc3)CCN2)CC1=O. The van der Waals surface area contributed by atoms with E-state index in [0.717, 1.165) is 31.0 Å². The molecule has 42 heavy (non-hydrogen) atoms. The van der Waals surface area contributed by atoms with Crippen LogP contribution < -0.4 is 10.6 Å². The fourth-order valence-corrected chi connectivity index (χ4v) is 7.13. The van der Waals surface area contributed by atoms with Crippen LogP contribution in [0, 0.1) is 17.6 Å². The van der Waals surface area contributed by atoms with E-state index in [1.165, 1.54) is 4.31 Å². The molecule has 4 rings (SSSR count). The Hall–Kier alpha value is -2.64. The van der Waals surface area contributed by atoms with Crippen molar-refractivity contribution in [3.63, 3.8) is 0 Å². The maximum absolute atomic E-state index is 14.0. The lowest BCUT2D eigenvalue weighted by Gasteiger charge is -2.38. The highest BCUT2D eigenvalue weighted by Gasteiger charge is 2.39. The molecule has 3 N–H and O–H groups in total. The van der Waals surface area contributed by atoms with Gasteiger partial charge in [-0.05, 0) is 48.2 Å². The Labute approximate surface area is 250 Å². The van der Waals surface area contributed by atoms with Gasteiger partial charge in [-0.15, -0.1) is 0 Å². The van der Waals surface area contributed by atoms with Crippen molar-refractivity contribution in [2.24, 2.45) is 5.92 Å². The van der Waals surface area contributed by atoms with Crippen LogP contribution in [0.2, 0.25) is 5.02 Å². The Morgan fingerprint density at radius 2 is 1.83 bits per heavy atom. The Kier molecular flexibility index (Phi) is 10.9. The van der Waals surface area contributed by atoms with E-state index < -0.39 is 51.7 Å². The van der Waals surface area contributed by atoms with E-state index in [0.29, 0.717) is 17.1 Å². The molecule has 0 radical (unpaired) electrons. The van der Waals surface area contributed by atoms with E-state index in [9.17, 15) is 31.9 Å². The molecule has 0 bridgehead atoms. The number of carbonyl (C=O) groups is 2. The number of aliphatic hydroxyl groups is 1. The van der Waals surface area contributed by atoms with Crippen molar-refractivity contribution in [3.05, 3.63) is 70.2 Å². The fourth-order valence-electron chi connectivity index (χ4n) is 5.45. The number of amides is 2. The van der Waals surface area contributed by atoms with Crippen LogP contribution in [0.25, 0.3) is 0 Å². The number of hydrogen-bond donors (Lipinski definition) is 3. The summed E-state index contributed by atoms with van der Waals surface area (Å²) in [5.74, 6) is -3.06. The summed E-state index contributed by atoms with van der Waals surface area (Å²) in [6.45, 7) is 3.17. The summed E-state index contributed by atoms with van der Waals surface area (Å²) >= 11 is 5.92. The molecule has 2 aromatic carbocycles. The predicted molar refractivity (Wildman–Crippen MR) is 155 cm³/mol. The van der Waals surface area contributed by atoms with Gasteiger partial charge in [0, 0.05) is 56.3 Å². The molecule has 13 heteroatoms. The minimum Gasteiger partial charge on any atom is -0.389 e. The molecule has 0 aromatic heterocycles. The molecule has 2 unspecified atom stereocenters. The van der Waals surface area contributed by atoms with E-state index in [-0.39, 0.29) is 56.2 Å². The Morgan fingerprint density at radius 3 is 2.50 bits per heavy atom. The molecule has 2 amide bonds. The van der Waals surface area contributed by atoms with E-state index in [2.05, 4.69) is 10.6 Å². The highest BCUT2D eigenvalue weighted by Crippen LogP contribution is 2.22. The van der Waals surface area contributed by atoms with Crippen LogP contribution in [0.4, 0.5) is 8.78 Å².